The molecule has 0 spiro atoms. The average molecular weight is 136 g/mol. The highest BCUT2D eigenvalue weighted by Crippen LogP contribution is 2.47. The number of allylic oxidation sites excluding steroid dienone is 2. The number of nitrogens with two attached hydrogens (primary N) is 2. The number of hydrogen-bond donors (Lipinski definition) is 2. The lowest BCUT2D eigenvalue weighted by Crippen LogP contribution is -2.17. The van der Waals surface area contributed by atoms with E-state index >= 15 is 0 Å². The van der Waals surface area contributed by atoms with E-state index in [1.54, 1.807) is 0 Å². The van der Waals surface area contributed by atoms with E-state index in [9.17, 15) is 0 Å². The predicted molar refractivity (Wildman–Crippen MR) is 40.8 cm³/mol. The normalized spacial score (nSPS) is 37.8. The summed E-state index contributed by atoms with van der Waals surface area (Å²) in [4.78, 5) is 0. The molecule has 0 amide bonds. The van der Waals surface area contributed by atoms with Crippen LogP contribution in [0.1, 0.15) is 12.8 Å². The van der Waals surface area contributed by atoms with Crippen molar-refractivity contribution in [2.24, 2.45) is 23.3 Å². The van der Waals surface area contributed by atoms with Crippen LogP contribution in [-0.2, 0) is 0 Å². The van der Waals surface area contributed by atoms with Crippen molar-refractivity contribution in [1.29, 1.82) is 0 Å². The van der Waals surface area contributed by atoms with Gasteiger partial charge in [-0.2, -0.15) is 0 Å². The van der Waals surface area contributed by atoms with Crippen molar-refractivity contribution in [3.63, 3.8) is 0 Å². The van der Waals surface area contributed by atoms with Gasteiger partial charge in [-0.05, 0) is 12.8 Å². The van der Waals surface area contributed by atoms with Gasteiger partial charge in [-0.3, -0.25) is 0 Å². The van der Waals surface area contributed by atoms with Crippen molar-refractivity contribution >= 4 is 0 Å². The molecule has 1 fully saturated rings. The first-order chi connectivity index (χ1) is 4.70. The van der Waals surface area contributed by atoms with Crippen LogP contribution in [0.2, 0.25) is 0 Å². The molecule has 0 radical (unpaired) electrons. The molecule has 2 aliphatic carbocycles. The molecule has 1 saturated carbocycles. The van der Waals surface area contributed by atoms with Gasteiger partial charge in [-0.15, -0.1) is 0 Å². The van der Waals surface area contributed by atoms with Gasteiger partial charge >= 0.3 is 0 Å². The molecule has 2 bridgehead atoms. The minimum Gasteiger partial charge on any atom is -0.400 e. The summed E-state index contributed by atoms with van der Waals surface area (Å²) in [5, 5.41) is 0. The molecule has 0 aromatic carbocycles. The molecule has 0 aliphatic heterocycles. The second kappa shape index (κ2) is 1.57. The third kappa shape index (κ3) is 0.491. The van der Waals surface area contributed by atoms with Gasteiger partial charge in [0.2, 0.25) is 0 Å². The van der Waals surface area contributed by atoms with Crippen molar-refractivity contribution in [3.8, 4) is 0 Å². The summed E-state index contributed by atoms with van der Waals surface area (Å²) in [5.41, 5.74) is 14.6. The second-order valence-electron chi connectivity index (χ2n) is 3.26. The number of rotatable bonds is 0. The molecule has 10 heavy (non-hydrogen) atoms. The van der Waals surface area contributed by atoms with Crippen LogP contribution in [0.25, 0.3) is 0 Å². The van der Waals surface area contributed by atoms with E-state index in [1.807, 2.05) is 0 Å². The summed E-state index contributed by atoms with van der Waals surface area (Å²) in [6.07, 6.45) is 2.19. The van der Waals surface area contributed by atoms with Gasteiger partial charge in [0.25, 0.3) is 0 Å². The third-order valence-corrected chi connectivity index (χ3v) is 2.67. The minimum absolute atomic E-state index is 0.421. The minimum atomic E-state index is 0.421. The third-order valence-electron chi connectivity index (χ3n) is 2.67. The van der Waals surface area contributed by atoms with Crippen molar-refractivity contribution < 1.29 is 0 Å². The summed E-state index contributed by atoms with van der Waals surface area (Å²) in [6.45, 7) is 3.95. The molecule has 2 rings (SSSR count). The van der Waals surface area contributed by atoms with Crippen LogP contribution in [0.3, 0.4) is 0 Å². The van der Waals surface area contributed by atoms with E-state index in [0.29, 0.717) is 11.8 Å². The summed E-state index contributed by atoms with van der Waals surface area (Å²) < 4.78 is 0. The van der Waals surface area contributed by atoms with Gasteiger partial charge in [0, 0.05) is 23.2 Å². The fourth-order valence-corrected chi connectivity index (χ4v) is 2.01. The first kappa shape index (κ1) is 5.83. The summed E-state index contributed by atoms with van der Waals surface area (Å²) in [5.74, 6) is 0.947. The van der Waals surface area contributed by atoms with Crippen molar-refractivity contribution in [1.82, 2.24) is 0 Å². The maximum atomic E-state index is 5.75. The lowest BCUT2D eigenvalue weighted by molar-refractivity contribution is 0.655. The van der Waals surface area contributed by atoms with Crippen molar-refractivity contribution in [3.05, 3.63) is 23.5 Å². The summed E-state index contributed by atoms with van der Waals surface area (Å²) in [6, 6.07) is 0. The topological polar surface area (TPSA) is 52.0 Å². The molecule has 2 nitrogen and oxygen atoms in total. The maximum absolute atomic E-state index is 5.75. The zero-order valence-electron chi connectivity index (χ0n) is 5.93. The predicted octanol–water partition coefficient (Wildman–Crippen LogP) is 0.711. The molecule has 54 valence electrons. The summed E-state index contributed by atoms with van der Waals surface area (Å²) >= 11 is 0. The fourth-order valence-electron chi connectivity index (χ4n) is 2.01. The Bertz CT molecular complexity index is 227. The molecule has 2 heteroatoms. The lowest BCUT2D eigenvalue weighted by atomic mass is 9.98. The van der Waals surface area contributed by atoms with E-state index in [4.69, 9.17) is 11.5 Å². The number of hydrogen-bond acceptors (Lipinski definition) is 2. The van der Waals surface area contributed by atoms with Crippen LogP contribution in [0.5, 0.6) is 0 Å². The molecule has 2 unspecified atom stereocenters. The first-order valence-electron chi connectivity index (χ1n) is 3.63. The van der Waals surface area contributed by atoms with Gasteiger partial charge in [0.15, 0.2) is 0 Å². The highest BCUT2D eigenvalue weighted by atomic mass is 14.8. The number of fused-ring (bicyclic) bond motifs is 2. The SMILES string of the molecule is C=C1CC2CC1C(N)=C2N. The van der Waals surface area contributed by atoms with Gasteiger partial charge in [0.1, 0.15) is 0 Å². The van der Waals surface area contributed by atoms with E-state index in [1.165, 1.54) is 5.57 Å². The lowest BCUT2D eigenvalue weighted by Gasteiger charge is -2.14. The zero-order chi connectivity index (χ0) is 7.30. The molecular formula is C8H12N2. The molecule has 0 heterocycles. The molecular weight excluding hydrogens is 124 g/mol. The van der Waals surface area contributed by atoms with Crippen LogP contribution in [0, 0.1) is 11.8 Å². The van der Waals surface area contributed by atoms with Gasteiger partial charge in [-0.25, -0.2) is 0 Å². The van der Waals surface area contributed by atoms with Crippen LogP contribution in [0.15, 0.2) is 23.5 Å². The standard InChI is InChI=1S/C8H12N2/c1-4-2-5-3-6(4)8(10)7(5)9/h5-6H,1-3,9-10H2. The van der Waals surface area contributed by atoms with Crippen LogP contribution >= 0.6 is 0 Å². The molecule has 2 atom stereocenters. The van der Waals surface area contributed by atoms with Crippen molar-refractivity contribution in [2.45, 2.75) is 12.8 Å². The molecule has 0 aromatic rings. The van der Waals surface area contributed by atoms with Crippen LogP contribution in [0.4, 0.5) is 0 Å². The Balaban J connectivity index is 2.42. The zero-order valence-corrected chi connectivity index (χ0v) is 5.93. The van der Waals surface area contributed by atoms with Gasteiger partial charge in [0.05, 0.1) is 0 Å². The quantitative estimate of drug-likeness (QED) is 0.482. The first-order valence-corrected chi connectivity index (χ1v) is 3.63. The Morgan fingerprint density at radius 3 is 2.40 bits per heavy atom. The molecule has 0 aromatic heterocycles. The summed E-state index contributed by atoms with van der Waals surface area (Å²) in [7, 11) is 0. The Morgan fingerprint density at radius 1 is 1.30 bits per heavy atom. The highest BCUT2D eigenvalue weighted by molar-refractivity contribution is 5.35. The Hall–Kier alpha value is -0.920. The van der Waals surface area contributed by atoms with Gasteiger partial charge < -0.3 is 11.5 Å². The Morgan fingerprint density at radius 2 is 2.00 bits per heavy atom. The molecule has 0 saturated heterocycles. The Labute approximate surface area is 60.6 Å². The van der Waals surface area contributed by atoms with Crippen LogP contribution in [-0.4, -0.2) is 0 Å². The van der Waals surface area contributed by atoms with Crippen molar-refractivity contribution in [2.75, 3.05) is 0 Å². The monoisotopic (exact) mass is 136 g/mol. The van der Waals surface area contributed by atoms with Crippen LogP contribution < -0.4 is 11.5 Å². The molecule has 4 N–H and O–H groups in total. The molecule has 2 aliphatic rings. The average Bonchev–Trinajstić information content (AvgIpc) is 2.36. The second-order valence-corrected chi connectivity index (χ2v) is 3.26. The fraction of sp³-hybridized carbons (Fsp3) is 0.500. The Kier molecular flexibility index (Phi) is 0.914. The largest absolute Gasteiger partial charge is 0.400 e. The highest BCUT2D eigenvalue weighted by Gasteiger charge is 2.38. The van der Waals surface area contributed by atoms with E-state index in [-0.39, 0.29) is 0 Å². The van der Waals surface area contributed by atoms with E-state index in [0.717, 1.165) is 24.2 Å². The van der Waals surface area contributed by atoms with E-state index in [2.05, 4.69) is 6.58 Å². The van der Waals surface area contributed by atoms with Gasteiger partial charge in [-0.1, -0.05) is 12.2 Å². The van der Waals surface area contributed by atoms with E-state index < -0.39 is 0 Å². The maximum Gasteiger partial charge on any atom is 0.0347 e. The smallest absolute Gasteiger partial charge is 0.0347 e.